The SMILES string of the molecule is CSc1nc2c3c(c(Cl)c(Br)c(F)c3n1)OCC(C)N2CC(F)F. The molecule has 3 rings (SSSR count). The molecule has 0 bridgehead atoms. The van der Waals surface area contributed by atoms with Crippen LogP contribution in [0.5, 0.6) is 5.75 Å². The van der Waals surface area contributed by atoms with Gasteiger partial charge in [-0.2, -0.15) is 0 Å². The van der Waals surface area contributed by atoms with Gasteiger partial charge in [0.05, 0.1) is 22.4 Å². The molecule has 0 saturated carbocycles. The van der Waals surface area contributed by atoms with Crippen LogP contribution in [-0.2, 0) is 0 Å². The average Bonchev–Trinajstić information content (AvgIpc) is 2.68. The van der Waals surface area contributed by atoms with Crippen LogP contribution in [0.2, 0.25) is 5.02 Å². The molecular formula is C14H12BrClF3N3OS. The molecule has 1 aliphatic rings. The molecule has 0 aliphatic carbocycles. The van der Waals surface area contributed by atoms with E-state index in [1.807, 2.05) is 0 Å². The number of benzene rings is 1. The van der Waals surface area contributed by atoms with Gasteiger partial charge in [0.1, 0.15) is 23.0 Å². The lowest BCUT2D eigenvalue weighted by molar-refractivity contribution is 0.149. The molecule has 24 heavy (non-hydrogen) atoms. The molecule has 0 radical (unpaired) electrons. The summed E-state index contributed by atoms with van der Waals surface area (Å²) in [5.74, 6) is -0.267. The summed E-state index contributed by atoms with van der Waals surface area (Å²) in [6, 6.07) is -0.392. The Balaban J connectivity index is 2.40. The predicted octanol–water partition coefficient (Wildman–Crippen LogP) is 4.76. The molecule has 4 nitrogen and oxygen atoms in total. The maximum atomic E-state index is 14.7. The van der Waals surface area contributed by atoms with E-state index < -0.39 is 24.8 Å². The number of aromatic nitrogens is 2. The molecule has 1 aliphatic heterocycles. The van der Waals surface area contributed by atoms with Crippen LogP contribution in [-0.4, -0.2) is 41.8 Å². The molecule has 0 N–H and O–H groups in total. The summed E-state index contributed by atoms with van der Waals surface area (Å²) in [6.45, 7) is 1.31. The standard InChI is InChI=1S/C14H12BrClF3N3OS/c1-5-4-23-12-7-11(10(19)8(15)9(12)16)20-14(24-2)21-13(7)22(5)3-6(17)18/h5-6H,3-4H2,1-2H3. The maximum Gasteiger partial charge on any atom is 0.255 e. The summed E-state index contributed by atoms with van der Waals surface area (Å²) in [6.07, 6.45) is -0.848. The van der Waals surface area contributed by atoms with E-state index in [1.54, 1.807) is 13.2 Å². The molecule has 2 heterocycles. The van der Waals surface area contributed by atoms with Crippen LogP contribution in [0.25, 0.3) is 10.9 Å². The minimum atomic E-state index is -2.58. The van der Waals surface area contributed by atoms with Crippen LogP contribution in [0.4, 0.5) is 19.0 Å². The van der Waals surface area contributed by atoms with Gasteiger partial charge in [-0.25, -0.2) is 23.1 Å². The van der Waals surface area contributed by atoms with Crippen LogP contribution in [0.1, 0.15) is 6.92 Å². The van der Waals surface area contributed by atoms with Gasteiger partial charge in [0, 0.05) is 0 Å². The van der Waals surface area contributed by atoms with Crippen molar-refractivity contribution in [2.45, 2.75) is 24.5 Å². The zero-order valence-electron chi connectivity index (χ0n) is 12.6. The number of hydrogen-bond donors (Lipinski definition) is 0. The third-order valence-electron chi connectivity index (χ3n) is 3.68. The van der Waals surface area contributed by atoms with E-state index >= 15 is 0 Å². The van der Waals surface area contributed by atoms with E-state index in [2.05, 4.69) is 25.9 Å². The Morgan fingerprint density at radius 3 is 2.79 bits per heavy atom. The van der Waals surface area contributed by atoms with Gasteiger partial charge in [-0.1, -0.05) is 23.4 Å². The topological polar surface area (TPSA) is 38.3 Å². The highest BCUT2D eigenvalue weighted by Gasteiger charge is 2.32. The van der Waals surface area contributed by atoms with Crippen LogP contribution in [0, 0.1) is 5.82 Å². The van der Waals surface area contributed by atoms with Crippen molar-refractivity contribution in [3.8, 4) is 5.75 Å². The van der Waals surface area contributed by atoms with Crippen molar-refractivity contribution in [1.29, 1.82) is 0 Å². The zero-order chi connectivity index (χ0) is 17.6. The quantitative estimate of drug-likeness (QED) is 0.389. The molecule has 1 unspecified atom stereocenters. The third-order valence-corrected chi connectivity index (χ3v) is 5.56. The highest BCUT2D eigenvalue weighted by molar-refractivity contribution is 9.10. The molecule has 1 aromatic heterocycles. The summed E-state index contributed by atoms with van der Waals surface area (Å²) in [5, 5.41) is 0.529. The maximum absolute atomic E-state index is 14.7. The third kappa shape index (κ3) is 2.90. The monoisotopic (exact) mass is 441 g/mol. The molecule has 0 saturated heterocycles. The molecule has 1 aromatic carbocycles. The lowest BCUT2D eigenvalue weighted by Crippen LogP contribution is -2.40. The van der Waals surface area contributed by atoms with Crippen LogP contribution in [0.3, 0.4) is 0 Å². The summed E-state index contributed by atoms with van der Waals surface area (Å²) < 4.78 is 46.5. The van der Waals surface area contributed by atoms with Gasteiger partial charge in [0.15, 0.2) is 16.7 Å². The Morgan fingerprint density at radius 2 is 2.17 bits per heavy atom. The van der Waals surface area contributed by atoms with Crippen molar-refractivity contribution in [3.05, 3.63) is 15.3 Å². The summed E-state index contributed by atoms with van der Waals surface area (Å²) in [4.78, 5) is 9.91. The Hall–Kier alpha value is -0.930. The van der Waals surface area contributed by atoms with Gasteiger partial charge in [-0.15, -0.1) is 0 Å². The summed E-state index contributed by atoms with van der Waals surface area (Å²) in [5.41, 5.74) is -0.0102. The Morgan fingerprint density at radius 1 is 1.46 bits per heavy atom. The molecule has 130 valence electrons. The minimum absolute atomic E-state index is 0.0102. The molecule has 10 heteroatoms. The van der Waals surface area contributed by atoms with E-state index in [4.69, 9.17) is 16.3 Å². The number of halogens is 5. The predicted molar refractivity (Wildman–Crippen MR) is 92.3 cm³/mol. The van der Waals surface area contributed by atoms with Crippen molar-refractivity contribution in [2.24, 2.45) is 0 Å². The molecular weight excluding hydrogens is 431 g/mol. The molecule has 1 atom stereocenters. The highest BCUT2D eigenvalue weighted by atomic mass is 79.9. The van der Waals surface area contributed by atoms with E-state index in [0.717, 1.165) is 0 Å². The second-order valence-electron chi connectivity index (χ2n) is 5.23. The number of thioether (sulfide) groups is 1. The van der Waals surface area contributed by atoms with Crippen LogP contribution >= 0.6 is 39.3 Å². The first-order valence-corrected chi connectivity index (χ1v) is 9.34. The van der Waals surface area contributed by atoms with E-state index in [-0.39, 0.29) is 43.7 Å². The fourth-order valence-electron chi connectivity index (χ4n) is 2.56. The molecule has 0 spiro atoms. The Kier molecular flexibility index (Phi) is 5.04. The van der Waals surface area contributed by atoms with E-state index in [1.165, 1.54) is 16.7 Å². The number of hydrogen-bond acceptors (Lipinski definition) is 5. The first-order valence-electron chi connectivity index (χ1n) is 6.94. The van der Waals surface area contributed by atoms with Crippen molar-refractivity contribution in [1.82, 2.24) is 9.97 Å². The van der Waals surface area contributed by atoms with Crippen molar-refractivity contribution in [3.63, 3.8) is 0 Å². The highest BCUT2D eigenvalue weighted by Crippen LogP contribution is 2.46. The number of alkyl halides is 2. The van der Waals surface area contributed by atoms with Gasteiger partial charge in [-0.05, 0) is 29.1 Å². The lowest BCUT2D eigenvalue weighted by atomic mass is 10.2. The number of rotatable bonds is 3. The normalized spacial score (nSPS) is 17.3. The first-order chi connectivity index (χ1) is 11.3. The second-order valence-corrected chi connectivity index (χ2v) is 7.18. The van der Waals surface area contributed by atoms with Crippen molar-refractivity contribution < 1.29 is 17.9 Å². The van der Waals surface area contributed by atoms with Crippen LogP contribution in [0.15, 0.2) is 9.63 Å². The molecule has 2 aromatic rings. The number of nitrogens with zero attached hydrogens (tertiary/aromatic N) is 3. The lowest BCUT2D eigenvalue weighted by Gasteiger charge is -2.28. The average molecular weight is 443 g/mol. The van der Waals surface area contributed by atoms with Crippen molar-refractivity contribution in [2.75, 3.05) is 24.3 Å². The van der Waals surface area contributed by atoms with Gasteiger partial charge in [0.25, 0.3) is 6.43 Å². The Labute approximate surface area is 153 Å². The van der Waals surface area contributed by atoms with Gasteiger partial charge in [0.2, 0.25) is 0 Å². The Bertz CT molecular complexity index is 811. The largest absolute Gasteiger partial charge is 0.489 e. The molecule has 0 fully saturated rings. The summed E-state index contributed by atoms with van der Waals surface area (Å²) in [7, 11) is 0. The minimum Gasteiger partial charge on any atom is -0.489 e. The van der Waals surface area contributed by atoms with E-state index in [0.29, 0.717) is 0 Å². The van der Waals surface area contributed by atoms with Gasteiger partial charge < -0.3 is 9.64 Å². The molecule has 0 amide bonds. The zero-order valence-corrected chi connectivity index (χ0v) is 15.8. The van der Waals surface area contributed by atoms with Gasteiger partial charge >= 0.3 is 0 Å². The van der Waals surface area contributed by atoms with Crippen molar-refractivity contribution >= 4 is 56.0 Å². The fourth-order valence-corrected chi connectivity index (χ4v) is 3.52. The second kappa shape index (κ2) is 6.76. The van der Waals surface area contributed by atoms with Crippen LogP contribution < -0.4 is 9.64 Å². The smallest absolute Gasteiger partial charge is 0.255 e. The number of ether oxygens (including phenoxy) is 1. The first kappa shape index (κ1) is 17.9. The number of anilines is 1. The van der Waals surface area contributed by atoms with Gasteiger partial charge in [-0.3, -0.25) is 0 Å². The summed E-state index contributed by atoms with van der Waals surface area (Å²) >= 11 is 10.5. The fraction of sp³-hybridized carbons (Fsp3) is 0.429. The van der Waals surface area contributed by atoms with E-state index in [9.17, 15) is 13.2 Å².